The number of epoxide rings is 1. The highest BCUT2D eigenvalue weighted by atomic mass is 16.6. The first-order chi connectivity index (χ1) is 17.8. The number of ether oxygens (including phenoxy) is 4. The van der Waals surface area contributed by atoms with Crippen molar-refractivity contribution in [2.45, 2.75) is 108 Å². The fraction of sp³-hybridized carbons (Fsp3) is 0.633. The molecule has 1 saturated heterocycles. The number of rotatable bonds is 3. The number of hydrogen-bond donors (Lipinski definition) is 2. The summed E-state index contributed by atoms with van der Waals surface area (Å²) in [5, 5.41) is 21.7. The molecule has 4 heterocycles. The topological polar surface area (TPSA) is 97.8 Å². The fourth-order valence-electron chi connectivity index (χ4n) is 5.45. The predicted octanol–water partition coefficient (Wildman–Crippen LogP) is 4.11. The molecule has 1 fully saturated rings. The van der Waals surface area contributed by atoms with Crippen molar-refractivity contribution >= 4 is 5.97 Å². The number of carbonyl (C=O) groups is 1. The van der Waals surface area contributed by atoms with Crippen LogP contribution in [0.25, 0.3) is 0 Å². The van der Waals surface area contributed by atoms with Crippen molar-refractivity contribution in [3.8, 4) is 0 Å². The van der Waals surface area contributed by atoms with Gasteiger partial charge in [-0.1, -0.05) is 61.1 Å². The Morgan fingerprint density at radius 3 is 2.78 bits per heavy atom. The molecule has 7 heteroatoms. The van der Waals surface area contributed by atoms with Crippen molar-refractivity contribution in [1.29, 1.82) is 0 Å². The third-order valence-electron chi connectivity index (χ3n) is 7.44. The molecule has 204 valence electrons. The lowest BCUT2D eigenvalue weighted by Crippen LogP contribution is -2.32. The molecule has 0 aromatic rings. The highest BCUT2D eigenvalue weighted by molar-refractivity contribution is 5.82. The van der Waals surface area contributed by atoms with Crippen molar-refractivity contribution in [3.63, 3.8) is 0 Å². The normalized spacial score (nSPS) is 38.8. The van der Waals surface area contributed by atoms with E-state index in [1.54, 1.807) is 12.2 Å². The number of carbonyl (C=O) groups excluding carboxylic acids is 1. The van der Waals surface area contributed by atoms with Gasteiger partial charge in [-0.2, -0.15) is 0 Å². The average molecular weight is 515 g/mol. The van der Waals surface area contributed by atoms with Gasteiger partial charge in [0.25, 0.3) is 0 Å². The average Bonchev–Trinajstić information content (AvgIpc) is 3.61. The van der Waals surface area contributed by atoms with Gasteiger partial charge in [-0.15, -0.1) is 0 Å². The number of esters is 1. The SMILES string of the molecule is C=C1C[C@H](C)C[C@@H]2CC=CC(CC=CC(=O)O[C@H]([C@@H](O)C=C[C@@H]3CC(C)=CCO3)C[C@@H]3O[C@H]3[C@@H](O)C1)O2. The van der Waals surface area contributed by atoms with E-state index in [-0.39, 0.29) is 36.9 Å². The maximum Gasteiger partial charge on any atom is 0.330 e. The van der Waals surface area contributed by atoms with Crippen molar-refractivity contribution in [2.75, 3.05) is 6.61 Å². The van der Waals surface area contributed by atoms with Crippen LogP contribution in [0.1, 0.15) is 58.8 Å². The van der Waals surface area contributed by atoms with Gasteiger partial charge >= 0.3 is 5.97 Å². The van der Waals surface area contributed by atoms with Crippen LogP contribution < -0.4 is 0 Å². The van der Waals surface area contributed by atoms with E-state index in [9.17, 15) is 15.0 Å². The second-order valence-electron chi connectivity index (χ2n) is 11.0. The van der Waals surface area contributed by atoms with Gasteiger partial charge in [-0.25, -0.2) is 4.79 Å². The molecule has 0 saturated carbocycles. The van der Waals surface area contributed by atoms with E-state index in [2.05, 4.69) is 26.5 Å². The maximum atomic E-state index is 12.6. The zero-order valence-corrected chi connectivity index (χ0v) is 22.0. The summed E-state index contributed by atoms with van der Waals surface area (Å²) in [5.41, 5.74) is 2.23. The van der Waals surface area contributed by atoms with Crippen LogP contribution in [-0.2, 0) is 23.7 Å². The maximum absolute atomic E-state index is 12.6. The molecule has 4 aliphatic heterocycles. The van der Waals surface area contributed by atoms with Crippen molar-refractivity contribution < 1.29 is 34.0 Å². The Morgan fingerprint density at radius 1 is 1.14 bits per heavy atom. The lowest BCUT2D eigenvalue weighted by molar-refractivity contribution is -0.148. The molecule has 0 spiro atoms. The third-order valence-corrected chi connectivity index (χ3v) is 7.44. The van der Waals surface area contributed by atoms with Crippen molar-refractivity contribution in [1.82, 2.24) is 0 Å². The van der Waals surface area contributed by atoms with E-state index in [1.165, 1.54) is 11.6 Å². The predicted molar refractivity (Wildman–Crippen MR) is 141 cm³/mol. The van der Waals surface area contributed by atoms with E-state index in [4.69, 9.17) is 18.9 Å². The first kappa shape index (κ1) is 28.0. The number of aliphatic hydroxyl groups is 2. The Kier molecular flexibility index (Phi) is 9.96. The van der Waals surface area contributed by atoms with Gasteiger partial charge in [0.2, 0.25) is 0 Å². The van der Waals surface area contributed by atoms with E-state index in [0.29, 0.717) is 25.4 Å². The highest BCUT2D eigenvalue weighted by Crippen LogP contribution is 2.35. The molecule has 37 heavy (non-hydrogen) atoms. The standard InChI is InChI=1S/C30H42O7/c1-19-12-13-34-23(15-19)10-11-25(31)27-18-28-30(37-28)26(32)17-21(3)14-20(2)16-24-8-4-6-22(35-24)7-5-9-29(33)36-27/h4-6,9-12,20,22-28,30-32H,3,7-8,13-18H2,1-2H3/t20-,22?,23+,24-,25-,26-,27-,28-,30-/m0/s1. The molecule has 4 rings (SSSR count). The Morgan fingerprint density at radius 2 is 1.97 bits per heavy atom. The largest absolute Gasteiger partial charge is 0.456 e. The molecular formula is C30H42O7. The number of cyclic esters (lactones) is 1. The molecular weight excluding hydrogens is 472 g/mol. The van der Waals surface area contributed by atoms with Crippen LogP contribution in [0.3, 0.4) is 0 Å². The van der Waals surface area contributed by atoms with Crippen LogP contribution in [-0.4, -0.2) is 71.6 Å². The summed E-state index contributed by atoms with van der Waals surface area (Å²) in [5.74, 6) is -0.141. The second kappa shape index (κ2) is 13.2. The molecule has 4 aliphatic rings. The Balaban J connectivity index is 1.44. The second-order valence-corrected chi connectivity index (χ2v) is 11.0. The first-order valence-corrected chi connectivity index (χ1v) is 13.6. The van der Waals surface area contributed by atoms with Crippen LogP contribution in [0.15, 0.2) is 60.3 Å². The van der Waals surface area contributed by atoms with Crippen molar-refractivity contribution in [3.05, 3.63) is 60.3 Å². The minimum atomic E-state index is -1.03. The fourth-order valence-corrected chi connectivity index (χ4v) is 5.45. The molecule has 2 N–H and O–H groups in total. The number of hydrogen-bond acceptors (Lipinski definition) is 7. The van der Waals surface area contributed by atoms with Crippen LogP contribution in [0.4, 0.5) is 0 Å². The van der Waals surface area contributed by atoms with Crippen LogP contribution in [0, 0.1) is 5.92 Å². The quantitative estimate of drug-likeness (QED) is 0.332. The van der Waals surface area contributed by atoms with Gasteiger partial charge < -0.3 is 29.2 Å². The Bertz CT molecular complexity index is 919. The lowest BCUT2D eigenvalue weighted by Gasteiger charge is -2.28. The van der Waals surface area contributed by atoms with Gasteiger partial charge in [-0.3, -0.25) is 0 Å². The molecule has 2 bridgehead atoms. The molecule has 0 aromatic heterocycles. The van der Waals surface area contributed by atoms with Crippen LogP contribution in [0.5, 0.6) is 0 Å². The summed E-state index contributed by atoms with van der Waals surface area (Å²) in [4.78, 5) is 12.6. The van der Waals surface area contributed by atoms with Gasteiger partial charge in [-0.05, 0) is 51.4 Å². The zero-order valence-electron chi connectivity index (χ0n) is 22.0. The van der Waals surface area contributed by atoms with E-state index < -0.39 is 24.3 Å². The molecule has 0 amide bonds. The van der Waals surface area contributed by atoms with Crippen molar-refractivity contribution in [2.24, 2.45) is 5.92 Å². The van der Waals surface area contributed by atoms with E-state index in [0.717, 1.165) is 31.3 Å². The highest BCUT2D eigenvalue weighted by Gasteiger charge is 2.46. The first-order valence-electron chi connectivity index (χ1n) is 13.6. The van der Waals surface area contributed by atoms with Gasteiger partial charge in [0.1, 0.15) is 18.3 Å². The molecule has 9 atom stereocenters. The minimum Gasteiger partial charge on any atom is -0.456 e. The monoisotopic (exact) mass is 514 g/mol. The number of fused-ring (bicyclic) bond motifs is 3. The Hall–Kier alpha value is -2.03. The smallest absolute Gasteiger partial charge is 0.330 e. The molecule has 7 nitrogen and oxygen atoms in total. The lowest BCUT2D eigenvalue weighted by atomic mass is 9.91. The summed E-state index contributed by atoms with van der Waals surface area (Å²) in [6, 6.07) is 0. The van der Waals surface area contributed by atoms with E-state index in [1.807, 2.05) is 18.2 Å². The van der Waals surface area contributed by atoms with E-state index >= 15 is 0 Å². The van der Waals surface area contributed by atoms with Crippen LogP contribution in [0.2, 0.25) is 0 Å². The molecule has 1 unspecified atom stereocenters. The Labute approximate surface area is 220 Å². The summed E-state index contributed by atoms with van der Waals surface area (Å²) < 4.78 is 23.4. The van der Waals surface area contributed by atoms with Crippen LogP contribution >= 0.6 is 0 Å². The molecule has 0 radical (unpaired) electrons. The summed E-state index contributed by atoms with van der Waals surface area (Å²) >= 11 is 0. The van der Waals surface area contributed by atoms with Gasteiger partial charge in [0.15, 0.2) is 0 Å². The summed E-state index contributed by atoms with van der Waals surface area (Å²) in [6.45, 7) is 8.98. The minimum absolute atomic E-state index is 0.0863. The summed E-state index contributed by atoms with van der Waals surface area (Å²) in [6.07, 6.45) is 14.3. The molecule has 0 aliphatic carbocycles. The molecule has 0 aromatic carbocycles. The third kappa shape index (κ3) is 8.76. The number of aliphatic hydroxyl groups excluding tert-OH is 2. The van der Waals surface area contributed by atoms with Gasteiger partial charge in [0, 0.05) is 12.5 Å². The summed E-state index contributed by atoms with van der Waals surface area (Å²) in [7, 11) is 0. The zero-order chi connectivity index (χ0) is 26.4. The van der Waals surface area contributed by atoms with Gasteiger partial charge in [0.05, 0.1) is 37.1 Å².